The molecule has 1 fully saturated rings. The first-order valence-electron chi connectivity index (χ1n) is 7.14. The third kappa shape index (κ3) is 3.97. The van der Waals surface area contributed by atoms with Gasteiger partial charge in [0.2, 0.25) is 0 Å². The molecule has 0 N–H and O–H groups in total. The van der Waals surface area contributed by atoms with Gasteiger partial charge < -0.3 is 14.2 Å². The quantitative estimate of drug-likeness (QED) is 0.567. The summed E-state index contributed by atoms with van der Waals surface area (Å²) in [6, 6.07) is 5.29. The van der Waals surface area contributed by atoms with Gasteiger partial charge in [0.15, 0.2) is 5.78 Å². The monoisotopic (exact) mass is 278 g/mol. The average Bonchev–Trinajstić information content (AvgIpc) is 2.96. The fraction of sp³-hybridized carbons (Fsp3) is 0.562. The summed E-state index contributed by atoms with van der Waals surface area (Å²) in [6.45, 7) is 3.02. The molecule has 1 atom stereocenters. The first kappa shape index (κ1) is 14.9. The molecule has 2 rings (SSSR count). The molecule has 1 unspecified atom stereocenters. The number of ether oxygens (including phenoxy) is 3. The molecule has 0 bridgehead atoms. The Morgan fingerprint density at radius 1 is 1.45 bits per heavy atom. The minimum absolute atomic E-state index is 0.00165. The normalized spacial score (nSPS) is 18.0. The van der Waals surface area contributed by atoms with Crippen LogP contribution in [0.4, 0.5) is 0 Å². The summed E-state index contributed by atoms with van der Waals surface area (Å²) in [5.41, 5.74) is 0.600. The maximum atomic E-state index is 11.6. The highest BCUT2D eigenvalue weighted by atomic mass is 16.5. The van der Waals surface area contributed by atoms with E-state index in [2.05, 4.69) is 0 Å². The number of carbonyl (C=O) groups is 1. The van der Waals surface area contributed by atoms with Gasteiger partial charge in [-0.1, -0.05) is 0 Å². The molecule has 0 aliphatic carbocycles. The van der Waals surface area contributed by atoms with Crippen LogP contribution >= 0.6 is 0 Å². The Morgan fingerprint density at radius 3 is 2.95 bits per heavy atom. The van der Waals surface area contributed by atoms with Crippen molar-refractivity contribution in [2.24, 2.45) is 0 Å². The Bertz CT molecular complexity index is 450. The second-order valence-electron chi connectivity index (χ2n) is 5.04. The summed E-state index contributed by atoms with van der Waals surface area (Å²) < 4.78 is 16.5. The molecule has 4 nitrogen and oxygen atoms in total. The Hall–Kier alpha value is -1.55. The summed E-state index contributed by atoms with van der Waals surface area (Å²) in [5, 5.41) is 0. The molecule has 20 heavy (non-hydrogen) atoms. The maximum Gasteiger partial charge on any atom is 0.163 e. The van der Waals surface area contributed by atoms with Gasteiger partial charge in [0, 0.05) is 12.7 Å². The van der Waals surface area contributed by atoms with E-state index in [9.17, 15) is 4.79 Å². The standard InChI is InChI=1S/C16H22O4/c1-12(17)15-8-7-14(18-2)11-16(15)20-10-4-6-13-5-3-9-19-13/h7-8,11,13H,3-6,9-10H2,1-2H3. The fourth-order valence-corrected chi connectivity index (χ4v) is 2.41. The highest BCUT2D eigenvalue weighted by Crippen LogP contribution is 2.26. The van der Waals surface area contributed by atoms with Gasteiger partial charge in [-0.05, 0) is 44.7 Å². The number of methoxy groups -OCH3 is 1. The van der Waals surface area contributed by atoms with Crippen LogP contribution < -0.4 is 9.47 Å². The van der Waals surface area contributed by atoms with Gasteiger partial charge in [-0.25, -0.2) is 0 Å². The van der Waals surface area contributed by atoms with Gasteiger partial charge in [0.1, 0.15) is 11.5 Å². The average molecular weight is 278 g/mol. The van der Waals surface area contributed by atoms with E-state index in [1.165, 1.54) is 0 Å². The lowest BCUT2D eigenvalue weighted by Crippen LogP contribution is -2.09. The molecule has 1 heterocycles. The predicted molar refractivity (Wildman–Crippen MR) is 76.7 cm³/mol. The number of hydrogen-bond acceptors (Lipinski definition) is 4. The molecule has 110 valence electrons. The first-order valence-corrected chi connectivity index (χ1v) is 7.14. The zero-order valence-corrected chi connectivity index (χ0v) is 12.2. The van der Waals surface area contributed by atoms with E-state index >= 15 is 0 Å². The summed E-state index contributed by atoms with van der Waals surface area (Å²) >= 11 is 0. The van der Waals surface area contributed by atoms with Crippen LogP contribution in [-0.4, -0.2) is 32.2 Å². The van der Waals surface area contributed by atoms with E-state index in [-0.39, 0.29) is 5.78 Å². The zero-order chi connectivity index (χ0) is 14.4. The molecule has 1 saturated heterocycles. The lowest BCUT2D eigenvalue weighted by Gasteiger charge is -2.13. The largest absolute Gasteiger partial charge is 0.497 e. The topological polar surface area (TPSA) is 44.8 Å². The Balaban J connectivity index is 1.88. The summed E-state index contributed by atoms with van der Waals surface area (Å²) in [5.74, 6) is 1.30. The fourth-order valence-electron chi connectivity index (χ4n) is 2.41. The number of ketones is 1. The van der Waals surface area contributed by atoms with E-state index in [4.69, 9.17) is 14.2 Å². The van der Waals surface area contributed by atoms with Gasteiger partial charge >= 0.3 is 0 Å². The van der Waals surface area contributed by atoms with Crippen LogP contribution in [0, 0.1) is 0 Å². The molecule has 0 saturated carbocycles. The minimum Gasteiger partial charge on any atom is -0.497 e. The summed E-state index contributed by atoms with van der Waals surface area (Å²) in [7, 11) is 1.60. The summed E-state index contributed by atoms with van der Waals surface area (Å²) in [4.78, 5) is 11.6. The predicted octanol–water partition coefficient (Wildman–Crippen LogP) is 3.24. The second kappa shape index (κ2) is 7.29. The van der Waals surface area contributed by atoms with E-state index in [0.29, 0.717) is 29.8 Å². The van der Waals surface area contributed by atoms with E-state index in [1.807, 2.05) is 0 Å². The maximum absolute atomic E-state index is 11.6. The molecule has 0 radical (unpaired) electrons. The number of benzene rings is 1. The van der Waals surface area contributed by atoms with Crippen molar-refractivity contribution in [3.05, 3.63) is 23.8 Å². The lowest BCUT2D eigenvalue weighted by atomic mass is 10.1. The molecule has 4 heteroatoms. The van der Waals surface area contributed by atoms with Crippen LogP contribution in [-0.2, 0) is 4.74 Å². The number of hydrogen-bond donors (Lipinski definition) is 0. The Morgan fingerprint density at radius 2 is 2.30 bits per heavy atom. The number of carbonyl (C=O) groups excluding carboxylic acids is 1. The Labute approximate surface area is 120 Å². The molecule has 1 aliphatic heterocycles. The van der Waals surface area contributed by atoms with Crippen molar-refractivity contribution in [3.63, 3.8) is 0 Å². The summed E-state index contributed by atoms with van der Waals surface area (Å²) in [6.07, 6.45) is 4.64. The molecule has 0 spiro atoms. The third-order valence-electron chi connectivity index (χ3n) is 3.52. The van der Waals surface area contributed by atoms with E-state index in [1.54, 1.807) is 32.2 Å². The SMILES string of the molecule is COc1ccc(C(C)=O)c(OCCCC2CCCO2)c1. The minimum atomic E-state index is 0.00165. The third-order valence-corrected chi connectivity index (χ3v) is 3.52. The van der Waals surface area contributed by atoms with Crippen LogP contribution in [0.3, 0.4) is 0 Å². The number of Topliss-reactive ketones (excluding diaryl/α,β-unsaturated/α-hetero) is 1. The van der Waals surface area contributed by atoms with E-state index < -0.39 is 0 Å². The smallest absolute Gasteiger partial charge is 0.163 e. The van der Waals surface area contributed by atoms with Crippen molar-refractivity contribution < 1.29 is 19.0 Å². The van der Waals surface area contributed by atoms with Crippen LogP contribution in [0.25, 0.3) is 0 Å². The number of rotatable bonds is 7. The molecular weight excluding hydrogens is 256 g/mol. The highest BCUT2D eigenvalue weighted by Gasteiger charge is 2.15. The second-order valence-corrected chi connectivity index (χ2v) is 5.04. The molecule has 0 amide bonds. The van der Waals surface area contributed by atoms with Crippen molar-refractivity contribution in [2.45, 2.75) is 38.7 Å². The van der Waals surface area contributed by atoms with Crippen LogP contribution in [0.15, 0.2) is 18.2 Å². The molecule has 1 aromatic carbocycles. The van der Waals surface area contributed by atoms with Gasteiger partial charge in [0.25, 0.3) is 0 Å². The zero-order valence-electron chi connectivity index (χ0n) is 12.2. The van der Waals surface area contributed by atoms with Crippen LogP contribution in [0.5, 0.6) is 11.5 Å². The molecule has 0 aromatic heterocycles. The molecular formula is C16H22O4. The van der Waals surface area contributed by atoms with Crippen LogP contribution in [0.2, 0.25) is 0 Å². The highest BCUT2D eigenvalue weighted by molar-refractivity contribution is 5.97. The van der Waals surface area contributed by atoms with Crippen molar-refractivity contribution in [1.29, 1.82) is 0 Å². The van der Waals surface area contributed by atoms with E-state index in [0.717, 1.165) is 32.3 Å². The van der Waals surface area contributed by atoms with Gasteiger partial charge in [-0.3, -0.25) is 4.79 Å². The Kier molecular flexibility index (Phi) is 5.41. The van der Waals surface area contributed by atoms with Gasteiger partial charge in [-0.2, -0.15) is 0 Å². The van der Waals surface area contributed by atoms with Crippen molar-refractivity contribution in [2.75, 3.05) is 20.3 Å². The van der Waals surface area contributed by atoms with Crippen LogP contribution in [0.1, 0.15) is 43.0 Å². The van der Waals surface area contributed by atoms with Crippen molar-refractivity contribution >= 4 is 5.78 Å². The molecule has 1 aromatic rings. The molecule has 1 aliphatic rings. The van der Waals surface area contributed by atoms with Crippen molar-refractivity contribution in [1.82, 2.24) is 0 Å². The lowest BCUT2D eigenvalue weighted by molar-refractivity contribution is 0.0970. The van der Waals surface area contributed by atoms with Crippen molar-refractivity contribution in [3.8, 4) is 11.5 Å². The van der Waals surface area contributed by atoms with Gasteiger partial charge in [-0.15, -0.1) is 0 Å². The van der Waals surface area contributed by atoms with Gasteiger partial charge in [0.05, 0.1) is 25.4 Å². The first-order chi connectivity index (χ1) is 9.70.